The number of aryl methyl sites for hydroxylation is 2. The van der Waals surface area contributed by atoms with E-state index in [9.17, 15) is 9.59 Å². The fourth-order valence-corrected chi connectivity index (χ4v) is 3.88. The molecule has 0 spiro atoms. The van der Waals surface area contributed by atoms with Crippen LogP contribution >= 0.6 is 0 Å². The molecule has 2 aromatic rings. The number of hydrogen-bond acceptors (Lipinski definition) is 3. The van der Waals surface area contributed by atoms with Gasteiger partial charge in [-0.25, -0.2) is 0 Å². The minimum absolute atomic E-state index is 0.122. The average Bonchev–Trinajstić information content (AvgIpc) is 3.54. The van der Waals surface area contributed by atoms with Crippen molar-refractivity contribution in [1.29, 1.82) is 0 Å². The van der Waals surface area contributed by atoms with E-state index in [1.165, 1.54) is 0 Å². The zero-order valence-electron chi connectivity index (χ0n) is 16.6. The summed E-state index contributed by atoms with van der Waals surface area (Å²) in [5, 5.41) is 2.99. The fraction of sp³-hybridized carbons (Fsp3) is 0.435. The van der Waals surface area contributed by atoms with Gasteiger partial charge in [-0.05, 0) is 63.8 Å². The Morgan fingerprint density at radius 1 is 0.964 bits per heavy atom. The first kappa shape index (κ1) is 18.7. The van der Waals surface area contributed by atoms with Crippen LogP contribution in [0.25, 0.3) is 0 Å². The number of nitrogens with zero attached hydrogens (tertiary/aromatic N) is 2. The summed E-state index contributed by atoms with van der Waals surface area (Å²) >= 11 is 0. The zero-order chi connectivity index (χ0) is 19.7. The molecule has 2 heterocycles. The lowest BCUT2D eigenvalue weighted by atomic mass is 9.89. The summed E-state index contributed by atoms with van der Waals surface area (Å²) in [6.45, 7) is 5.49. The van der Waals surface area contributed by atoms with Crippen molar-refractivity contribution in [3.05, 3.63) is 58.9 Å². The topological polar surface area (TPSA) is 62.3 Å². The number of likely N-dealkylation sites (tertiary alicyclic amines) is 1. The van der Waals surface area contributed by atoms with E-state index in [0.717, 1.165) is 61.4 Å². The molecule has 2 aliphatic rings. The summed E-state index contributed by atoms with van der Waals surface area (Å²) in [6.07, 6.45) is 3.81. The molecule has 146 valence electrons. The highest BCUT2D eigenvalue weighted by atomic mass is 16.2. The van der Waals surface area contributed by atoms with Gasteiger partial charge < -0.3 is 10.2 Å². The minimum Gasteiger partial charge on any atom is -0.342 e. The van der Waals surface area contributed by atoms with Gasteiger partial charge in [-0.1, -0.05) is 17.7 Å². The highest BCUT2D eigenvalue weighted by molar-refractivity contribution is 6.05. The lowest BCUT2D eigenvalue weighted by Gasteiger charge is -2.32. The van der Waals surface area contributed by atoms with Crippen LogP contribution < -0.4 is 5.32 Å². The Bertz CT molecular complexity index is 879. The van der Waals surface area contributed by atoms with E-state index in [1.807, 2.05) is 55.1 Å². The summed E-state index contributed by atoms with van der Waals surface area (Å²) < 4.78 is 0. The smallest absolute Gasteiger partial charge is 0.257 e. The molecule has 1 aliphatic carbocycles. The molecule has 1 saturated heterocycles. The zero-order valence-corrected chi connectivity index (χ0v) is 16.6. The van der Waals surface area contributed by atoms with Crippen LogP contribution in [0, 0.1) is 19.8 Å². The summed E-state index contributed by atoms with van der Waals surface area (Å²) in [5.41, 5.74) is 4.36. The molecule has 4 rings (SSSR count). The minimum atomic E-state index is -0.122. The third-order valence-electron chi connectivity index (χ3n) is 5.74. The lowest BCUT2D eigenvalue weighted by Crippen LogP contribution is -2.39. The third kappa shape index (κ3) is 4.08. The molecule has 0 unspecified atom stereocenters. The molecule has 5 nitrogen and oxygen atoms in total. The lowest BCUT2D eigenvalue weighted by molar-refractivity contribution is -0.133. The van der Waals surface area contributed by atoms with Gasteiger partial charge in [0.2, 0.25) is 5.91 Å². The monoisotopic (exact) mass is 377 g/mol. The summed E-state index contributed by atoms with van der Waals surface area (Å²) in [5.74, 6) is 0.669. The van der Waals surface area contributed by atoms with Crippen LogP contribution in [-0.4, -0.2) is 34.8 Å². The van der Waals surface area contributed by atoms with Crippen LogP contribution in [0.5, 0.6) is 0 Å². The van der Waals surface area contributed by atoms with E-state index in [4.69, 9.17) is 4.98 Å². The molecule has 1 aromatic carbocycles. The first-order valence-corrected chi connectivity index (χ1v) is 10.2. The first-order valence-electron chi connectivity index (χ1n) is 10.2. The SMILES string of the molecule is Cc1ccc(NC(=O)c2ccc(C)nc2C2CCN(C(=O)C3CC3)CC2)cc1. The van der Waals surface area contributed by atoms with Crippen LogP contribution in [-0.2, 0) is 4.79 Å². The number of nitrogens with one attached hydrogen (secondary N) is 1. The number of piperidine rings is 1. The molecule has 0 bridgehead atoms. The van der Waals surface area contributed by atoms with Crippen molar-refractivity contribution < 1.29 is 9.59 Å². The second kappa shape index (κ2) is 7.74. The van der Waals surface area contributed by atoms with E-state index in [2.05, 4.69) is 5.32 Å². The van der Waals surface area contributed by atoms with E-state index in [1.54, 1.807) is 0 Å². The van der Waals surface area contributed by atoms with Crippen molar-refractivity contribution >= 4 is 17.5 Å². The number of hydrogen-bond donors (Lipinski definition) is 1. The van der Waals surface area contributed by atoms with Crippen molar-refractivity contribution in [2.75, 3.05) is 18.4 Å². The summed E-state index contributed by atoms with van der Waals surface area (Å²) in [4.78, 5) is 32.0. The number of rotatable bonds is 4. The average molecular weight is 377 g/mol. The number of benzene rings is 1. The first-order chi connectivity index (χ1) is 13.5. The summed E-state index contributed by atoms with van der Waals surface area (Å²) in [6, 6.07) is 11.6. The van der Waals surface area contributed by atoms with E-state index in [0.29, 0.717) is 11.5 Å². The van der Waals surface area contributed by atoms with Gasteiger partial charge in [-0.2, -0.15) is 0 Å². The van der Waals surface area contributed by atoms with Crippen LogP contribution in [0.3, 0.4) is 0 Å². The highest BCUT2D eigenvalue weighted by Crippen LogP contribution is 2.35. The van der Waals surface area contributed by atoms with Crippen LogP contribution in [0.1, 0.15) is 58.9 Å². The van der Waals surface area contributed by atoms with E-state index >= 15 is 0 Å². The Morgan fingerprint density at radius 3 is 2.29 bits per heavy atom. The molecule has 1 aliphatic heterocycles. The van der Waals surface area contributed by atoms with Gasteiger partial charge in [0.05, 0.1) is 11.3 Å². The van der Waals surface area contributed by atoms with Crippen LogP contribution in [0.4, 0.5) is 5.69 Å². The van der Waals surface area contributed by atoms with Crippen molar-refractivity contribution in [2.45, 2.75) is 45.4 Å². The van der Waals surface area contributed by atoms with E-state index < -0.39 is 0 Å². The number of carbonyl (C=O) groups excluding carboxylic acids is 2. The second-order valence-electron chi connectivity index (χ2n) is 8.08. The quantitative estimate of drug-likeness (QED) is 0.874. The second-order valence-corrected chi connectivity index (χ2v) is 8.08. The Kier molecular flexibility index (Phi) is 5.16. The molecule has 1 aromatic heterocycles. The van der Waals surface area contributed by atoms with Crippen LogP contribution in [0.15, 0.2) is 36.4 Å². The van der Waals surface area contributed by atoms with Gasteiger partial charge in [0.25, 0.3) is 5.91 Å². The van der Waals surface area contributed by atoms with Gasteiger partial charge in [-0.3, -0.25) is 14.6 Å². The highest BCUT2D eigenvalue weighted by Gasteiger charge is 2.35. The third-order valence-corrected chi connectivity index (χ3v) is 5.74. The molecule has 0 radical (unpaired) electrons. The number of carbonyl (C=O) groups is 2. The molecular weight excluding hydrogens is 350 g/mol. The molecule has 0 atom stereocenters. The Labute approximate surface area is 166 Å². The standard InChI is InChI=1S/C23H27N3O2/c1-15-3-8-19(9-4-15)25-22(27)20-10-5-16(2)24-21(20)17-11-13-26(14-12-17)23(28)18-6-7-18/h3-5,8-10,17-18H,6-7,11-14H2,1-2H3,(H,25,27). The molecule has 5 heteroatoms. The van der Waals surface area contributed by atoms with Gasteiger partial charge in [0.1, 0.15) is 0 Å². The van der Waals surface area contributed by atoms with Crippen LogP contribution in [0.2, 0.25) is 0 Å². The molecule has 1 saturated carbocycles. The number of pyridine rings is 1. The predicted molar refractivity (Wildman–Crippen MR) is 109 cm³/mol. The van der Waals surface area contributed by atoms with Gasteiger partial charge in [0, 0.05) is 36.3 Å². The molecule has 1 N–H and O–H groups in total. The molecule has 2 amide bonds. The summed E-state index contributed by atoms with van der Waals surface area (Å²) in [7, 11) is 0. The molecular formula is C23H27N3O2. The van der Waals surface area contributed by atoms with Crippen molar-refractivity contribution in [1.82, 2.24) is 9.88 Å². The maximum atomic E-state index is 12.9. The van der Waals surface area contributed by atoms with Crippen molar-refractivity contribution in [2.24, 2.45) is 5.92 Å². The van der Waals surface area contributed by atoms with E-state index in [-0.39, 0.29) is 17.7 Å². The Morgan fingerprint density at radius 2 is 1.64 bits per heavy atom. The number of anilines is 1. The van der Waals surface area contributed by atoms with Crippen molar-refractivity contribution in [3.63, 3.8) is 0 Å². The number of amides is 2. The van der Waals surface area contributed by atoms with Gasteiger partial charge in [-0.15, -0.1) is 0 Å². The van der Waals surface area contributed by atoms with Crippen molar-refractivity contribution in [3.8, 4) is 0 Å². The van der Waals surface area contributed by atoms with Gasteiger partial charge >= 0.3 is 0 Å². The van der Waals surface area contributed by atoms with Gasteiger partial charge in [0.15, 0.2) is 0 Å². The predicted octanol–water partition coefficient (Wildman–Crippen LogP) is 4.07. The fourth-order valence-electron chi connectivity index (χ4n) is 3.88. The normalized spacial score (nSPS) is 17.4. The number of aromatic nitrogens is 1. The molecule has 2 fully saturated rings. The Hall–Kier alpha value is -2.69. The Balaban J connectivity index is 1.49. The largest absolute Gasteiger partial charge is 0.342 e. The maximum Gasteiger partial charge on any atom is 0.257 e. The molecule has 28 heavy (non-hydrogen) atoms. The maximum absolute atomic E-state index is 12.9.